The lowest BCUT2D eigenvalue weighted by molar-refractivity contribution is 0.251. The molecule has 21 heavy (non-hydrogen) atoms. The van der Waals surface area contributed by atoms with Gasteiger partial charge in [-0.3, -0.25) is 0 Å². The second-order valence-corrected chi connectivity index (χ2v) is 7.38. The molecule has 1 fully saturated rings. The van der Waals surface area contributed by atoms with Crippen LogP contribution >= 0.6 is 11.3 Å². The van der Waals surface area contributed by atoms with Gasteiger partial charge >= 0.3 is 0 Å². The molecule has 1 aromatic carbocycles. The molecule has 4 heteroatoms. The van der Waals surface area contributed by atoms with E-state index >= 15 is 0 Å². The Balaban J connectivity index is 1.92. The van der Waals surface area contributed by atoms with Gasteiger partial charge in [-0.2, -0.15) is 0 Å². The van der Waals surface area contributed by atoms with E-state index in [0.717, 1.165) is 24.4 Å². The Labute approximate surface area is 130 Å². The highest BCUT2D eigenvalue weighted by molar-refractivity contribution is 7.18. The van der Waals surface area contributed by atoms with E-state index in [4.69, 9.17) is 9.72 Å². The highest BCUT2D eigenvalue weighted by Crippen LogP contribution is 2.40. The molecule has 0 bridgehead atoms. The summed E-state index contributed by atoms with van der Waals surface area (Å²) in [7, 11) is 0. The first-order chi connectivity index (χ1) is 10.1. The Morgan fingerprint density at radius 2 is 2.29 bits per heavy atom. The summed E-state index contributed by atoms with van der Waals surface area (Å²) in [5.74, 6) is 1.61. The largest absolute Gasteiger partial charge is 0.494 e. The number of nitrogens with zero attached hydrogens (tertiary/aromatic N) is 1. The van der Waals surface area contributed by atoms with E-state index in [1.165, 1.54) is 22.5 Å². The predicted octanol–water partition coefficient (Wildman–Crippen LogP) is 3.97. The summed E-state index contributed by atoms with van der Waals surface area (Å²) in [5, 5.41) is 4.78. The molecule has 2 heterocycles. The monoisotopic (exact) mass is 304 g/mol. The topological polar surface area (TPSA) is 34.1 Å². The molecular weight excluding hydrogens is 280 g/mol. The first-order valence-corrected chi connectivity index (χ1v) is 8.67. The third-order valence-corrected chi connectivity index (χ3v) is 5.90. The third-order valence-electron chi connectivity index (χ3n) is 4.54. The molecule has 114 valence electrons. The van der Waals surface area contributed by atoms with Gasteiger partial charge in [0.15, 0.2) is 0 Å². The van der Waals surface area contributed by atoms with Crippen molar-refractivity contribution in [3.8, 4) is 5.75 Å². The summed E-state index contributed by atoms with van der Waals surface area (Å²) in [4.78, 5) is 4.90. The van der Waals surface area contributed by atoms with Gasteiger partial charge in [0.2, 0.25) is 0 Å². The van der Waals surface area contributed by atoms with Gasteiger partial charge in [-0.05, 0) is 57.0 Å². The van der Waals surface area contributed by atoms with Crippen molar-refractivity contribution >= 4 is 21.6 Å². The molecule has 1 unspecified atom stereocenters. The Bertz CT molecular complexity index is 614. The van der Waals surface area contributed by atoms with Gasteiger partial charge in [-0.25, -0.2) is 4.98 Å². The molecule has 0 radical (unpaired) electrons. The van der Waals surface area contributed by atoms with Gasteiger partial charge in [0.05, 0.1) is 21.8 Å². The lowest BCUT2D eigenvalue weighted by Gasteiger charge is -2.35. The fraction of sp³-hybridized carbons (Fsp3) is 0.588. The van der Waals surface area contributed by atoms with Crippen molar-refractivity contribution in [2.45, 2.75) is 39.0 Å². The Hall–Kier alpha value is -1.13. The van der Waals surface area contributed by atoms with Gasteiger partial charge in [-0.15, -0.1) is 11.3 Å². The standard InChI is InChI=1S/C17H24N2OS/c1-4-20-13-7-8-14-15(10-13)21-16(19-14)17(2,3)12-6-5-9-18-11-12/h7-8,10,12,18H,4-6,9,11H2,1-3H3. The van der Waals surface area contributed by atoms with Crippen LogP contribution in [0.5, 0.6) is 5.75 Å². The zero-order chi connectivity index (χ0) is 14.9. The van der Waals surface area contributed by atoms with Crippen molar-refractivity contribution in [2.75, 3.05) is 19.7 Å². The number of hydrogen-bond acceptors (Lipinski definition) is 4. The number of aromatic nitrogens is 1. The molecular formula is C17H24N2OS. The maximum Gasteiger partial charge on any atom is 0.120 e. The Kier molecular flexibility index (Phi) is 4.18. The molecule has 3 nitrogen and oxygen atoms in total. The highest BCUT2D eigenvalue weighted by atomic mass is 32.1. The molecule has 1 saturated heterocycles. The molecule has 3 rings (SSSR count). The number of thiazole rings is 1. The van der Waals surface area contributed by atoms with Gasteiger partial charge in [0.25, 0.3) is 0 Å². The SMILES string of the molecule is CCOc1ccc2nc(C(C)(C)C3CCCNC3)sc2c1. The van der Waals surface area contributed by atoms with E-state index in [9.17, 15) is 0 Å². The van der Waals surface area contributed by atoms with Crippen LogP contribution in [0.15, 0.2) is 18.2 Å². The maximum absolute atomic E-state index is 5.59. The zero-order valence-corrected chi connectivity index (χ0v) is 13.9. The van der Waals surface area contributed by atoms with Crippen LogP contribution in [0.2, 0.25) is 0 Å². The summed E-state index contributed by atoms with van der Waals surface area (Å²) in [6, 6.07) is 6.22. The van der Waals surface area contributed by atoms with Gasteiger partial charge < -0.3 is 10.1 Å². The molecule has 1 aliphatic rings. The Morgan fingerprint density at radius 3 is 3.00 bits per heavy atom. The van der Waals surface area contributed by atoms with Crippen LogP contribution in [0.4, 0.5) is 0 Å². The number of benzene rings is 1. The van der Waals surface area contributed by atoms with Crippen LogP contribution in [0, 0.1) is 5.92 Å². The molecule has 1 aromatic heterocycles. The molecule has 0 aliphatic carbocycles. The second kappa shape index (κ2) is 5.93. The summed E-state index contributed by atoms with van der Waals surface area (Å²) < 4.78 is 6.82. The quantitative estimate of drug-likeness (QED) is 0.928. The number of piperidine rings is 1. The first-order valence-electron chi connectivity index (χ1n) is 7.86. The van der Waals surface area contributed by atoms with E-state index in [2.05, 4.69) is 31.3 Å². The van der Waals surface area contributed by atoms with E-state index < -0.39 is 0 Å². The van der Waals surface area contributed by atoms with Gasteiger partial charge in [0, 0.05) is 5.41 Å². The molecule has 1 aliphatic heterocycles. The van der Waals surface area contributed by atoms with Crippen molar-refractivity contribution < 1.29 is 4.74 Å². The second-order valence-electron chi connectivity index (χ2n) is 6.35. The average Bonchev–Trinajstić information content (AvgIpc) is 2.92. The average molecular weight is 304 g/mol. The molecule has 1 atom stereocenters. The van der Waals surface area contributed by atoms with Crippen LogP contribution < -0.4 is 10.1 Å². The minimum Gasteiger partial charge on any atom is -0.494 e. The lowest BCUT2D eigenvalue weighted by atomic mass is 9.75. The molecule has 0 saturated carbocycles. The molecule has 0 spiro atoms. The highest BCUT2D eigenvalue weighted by Gasteiger charge is 2.34. The third kappa shape index (κ3) is 2.92. The normalized spacial score (nSPS) is 19.9. The van der Waals surface area contributed by atoms with Crippen molar-refractivity contribution in [3.63, 3.8) is 0 Å². The number of hydrogen-bond donors (Lipinski definition) is 1. The van der Waals surface area contributed by atoms with Crippen molar-refractivity contribution in [1.29, 1.82) is 0 Å². The van der Waals surface area contributed by atoms with Crippen molar-refractivity contribution in [2.24, 2.45) is 5.92 Å². The number of fused-ring (bicyclic) bond motifs is 1. The number of ether oxygens (including phenoxy) is 1. The van der Waals surface area contributed by atoms with Crippen LogP contribution in [0.1, 0.15) is 38.6 Å². The Morgan fingerprint density at radius 1 is 1.43 bits per heavy atom. The number of nitrogens with one attached hydrogen (secondary N) is 1. The summed E-state index contributed by atoms with van der Waals surface area (Å²) >= 11 is 1.82. The van der Waals surface area contributed by atoms with Crippen LogP contribution in [-0.2, 0) is 5.41 Å². The smallest absolute Gasteiger partial charge is 0.120 e. The summed E-state index contributed by atoms with van der Waals surface area (Å²) in [5.41, 5.74) is 1.22. The van der Waals surface area contributed by atoms with E-state index in [1.807, 2.05) is 24.3 Å². The van der Waals surface area contributed by atoms with Crippen LogP contribution in [-0.4, -0.2) is 24.7 Å². The lowest BCUT2D eigenvalue weighted by Crippen LogP contribution is -2.40. The predicted molar refractivity (Wildman–Crippen MR) is 89.4 cm³/mol. The molecule has 0 amide bonds. The van der Waals surface area contributed by atoms with Crippen molar-refractivity contribution in [1.82, 2.24) is 10.3 Å². The summed E-state index contributed by atoms with van der Waals surface area (Å²) in [6.45, 7) is 9.66. The number of rotatable bonds is 4. The van der Waals surface area contributed by atoms with E-state index in [0.29, 0.717) is 12.5 Å². The van der Waals surface area contributed by atoms with Crippen LogP contribution in [0.3, 0.4) is 0 Å². The van der Waals surface area contributed by atoms with Gasteiger partial charge in [-0.1, -0.05) is 13.8 Å². The van der Waals surface area contributed by atoms with Gasteiger partial charge in [0.1, 0.15) is 5.75 Å². The van der Waals surface area contributed by atoms with Crippen molar-refractivity contribution in [3.05, 3.63) is 23.2 Å². The molecule has 2 aromatic rings. The van der Waals surface area contributed by atoms with E-state index in [1.54, 1.807) is 0 Å². The minimum atomic E-state index is 0.128. The minimum absolute atomic E-state index is 0.128. The first kappa shape index (κ1) is 14.8. The molecule has 1 N–H and O–H groups in total. The summed E-state index contributed by atoms with van der Waals surface area (Å²) in [6.07, 6.45) is 2.56. The fourth-order valence-corrected chi connectivity index (χ4v) is 4.25. The van der Waals surface area contributed by atoms with Crippen LogP contribution in [0.25, 0.3) is 10.2 Å². The maximum atomic E-state index is 5.59. The zero-order valence-electron chi connectivity index (χ0n) is 13.1. The fourth-order valence-electron chi connectivity index (χ4n) is 3.08. The van der Waals surface area contributed by atoms with E-state index in [-0.39, 0.29) is 5.41 Å².